The number of aryl methyl sites for hydroxylation is 1. The molecule has 1 amide bonds. The van der Waals surface area contributed by atoms with Crippen LogP contribution in [0.4, 0.5) is 10.7 Å². The van der Waals surface area contributed by atoms with Crippen LogP contribution in [-0.2, 0) is 22.4 Å². The summed E-state index contributed by atoms with van der Waals surface area (Å²) in [6, 6.07) is 5.87. The molecule has 1 aromatic heterocycles. The molecule has 3 rings (SSSR count). The van der Waals surface area contributed by atoms with Crippen molar-refractivity contribution < 1.29 is 19.2 Å². The molecule has 1 heterocycles. The summed E-state index contributed by atoms with van der Waals surface area (Å²) in [6.45, 7) is 0. The number of anilines is 1. The molecule has 0 radical (unpaired) electrons. The van der Waals surface area contributed by atoms with Crippen molar-refractivity contribution >= 4 is 40.0 Å². The van der Waals surface area contributed by atoms with Gasteiger partial charge in [-0.25, -0.2) is 4.79 Å². The van der Waals surface area contributed by atoms with Gasteiger partial charge in [0.1, 0.15) is 5.00 Å². The molecule has 0 saturated heterocycles. The van der Waals surface area contributed by atoms with Gasteiger partial charge in [0.2, 0.25) is 5.91 Å². The fraction of sp³-hybridized carbons (Fsp3) is 0.263. The number of nitrogens with one attached hydrogen (secondary N) is 1. The molecule has 7 nitrogen and oxygen atoms in total. The van der Waals surface area contributed by atoms with E-state index in [1.165, 1.54) is 36.7 Å². The Labute approximate surface area is 159 Å². The molecule has 0 aliphatic heterocycles. The zero-order chi connectivity index (χ0) is 19.4. The summed E-state index contributed by atoms with van der Waals surface area (Å²) in [6.07, 6.45) is 6.69. The molecule has 140 valence electrons. The van der Waals surface area contributed by atoms with E-state index in [1.807, 2.05) is 0 Å². The Hall–Kier alpha value is -3.00. The number of nitrogens with zero attached hydrogens (tertiary/aromatic N) is 1. The number of fused-ring (bicyclic) bond motifs is 1. The van der Waals surface area contributed by atoms with Gasteiger partial charge in [-0.1, -0.05) is 0 Å². The van der Waals surface area contributed by atoms with Crippen molar-refractivity contribution in [2.75, 3.05) is 12.4 Å². The Balaban J connectivity index is 1.76. The van der Waals surface area contributed by atoms with Gasteiger partial charge in [-0.2, -0.15) is 0 Å². The number of non-ortho nitro benzene ring substituents is 1. The summed E-state index contributed by atoms with van der Waals surface area (Å²) in [4.78, 5) is 35.8. The third kappa shape index (κ3) is 4.22. The van der Waals surface area contributed by atoms with Crippen LogP contribution in [0.15, 0.2) is 30.3 Å². The monoisotopic (exact) mass is 386 g/mol. The molecule has 0 spiro atoms. The van der Waals surface area contributed by atoms with Gasteiger partial charge >= 0.3 is 5.97 Å². The maximum absolute atomic E-state index is 12.3. The average molecular weight is 386 g/mol. The van der Waals surface area contributed by atoms with E-state index in [1.54, 1.807) is 18.2 Å². The molecule has 2 aromatic rings. The number of carbonyl (C=O) groups excluding carboxylic acids is 2. The Morgan fingerprint density at radius 2 is 1.93 bits per heavy atom. The minimum Gasteiger partial charge on any atom is -0.465 e. The summed E-state index contributed by atoms with van der Waals surface area (Å²) in [5.41, 5.74) is 2.08. The first-order valence-corrected chi connectivity index (χ1v) is 9.27. The first-order valence-electron chi connectivity index (χ1n) is 8.46. The van der Waals surface area contributed by atoms with E-state index in [0.717, 1.165) is 36.1 Å². The van der Waals surface area contributed by atoms with Crippen molar-refractivity contribution in [1.29, 1.82) is 0 Å². The first-order chi connectivity index (χ1) is 13.0. The molecule has 1 N–H and O–H groups in total. The third-order valence-electron chi connectivity index (χ3n) is 4.33. The maximum atomic E-state index is 12.3. The highest BCUT2D eigenvalue weighted by atomic mass is 32.1. The number of benzene rings is 1. The second kappa shape index (κ2) is 8.13. The minimum atomic E-state index is -0.479. The number of thiophene rings is 1. The summed E-state index contributed by atoms with van der Waals surface area (Å²) in [5, 5.41) is 13.9. The van der Waals surface area contributed by atoms with E-state index in [4.69, 9.17) is 4.74 Å². The SMILES string of the molecule is COC(=O)c1c(NC(=O)C=Cc2ccc([N+](=O)[O-])cc2)sc2c1CCCC2. The van der Waals surface area contributed by atoms with Gasteiger partial charge in [-0.3, -0.25) is 14.9 Å². The number of ether oxygens (including phenoxy) is 1. The van der Waals surface area contributed by atoms with Gasteiger partial charge in [0.25, 0.3) is 5.69 Å². The summed E-state index contributed by atoms with van der Waals surface area (Å²) in [7, 11) is 1.33. The number of methoxy groups -OCH3 is 1. The highest BCUT2D eigenvalue weighted by molar-refractivity contribution is 7.17. The predicted molar refractivity (Wildman–Crippen MR) is 103 cm³/mol. The van der Waals surface area contributed by atoms with Crippen LogP contribution in [0.3, 0.4) is 0 Å². The molecule has 0 atom stereocenters. The van der Waals surface area contributed by atoms with Gasteiger partial charge in [0, 0.05) is 23.1 Å². The van der Waals surface area contributed by atoms with Gasteiger partial charge in [-0.15, -0.1) is 11.3 Å². The Bertz CT molecular complexity index is 915. The highest BCUT2D eigenvalue weighted by Crippen LogP contribution is 2.38. The fourth-order valence-electron chi connectivity index (χ4n) is 3.00. The van der Waals surface area contributed by atoms with Crippen molar-refractivity contribution in [2.45, 2.75) is 25.7 Å². The van der Waals surface area contributed by atoms with E-state index in [0.29, 0.717) is 16.1 Å². The van der Waals surface area contributed by atoms with Crippen molar-refractivity contribution in [3.05, 3.63) is 62.0 Å². The molecule has 0 saturated carbocycles. The topological polar surface area (TPSA) is 98.5 Å². The lowest BCUT2D eigenvalue weighted by Crippen LogP contribution is -2.13. The van der Waals surface area contributed by atoms with Crippen LogP contribution in [0.2, 0.25) is 0 Å². The lowest BCUT2D eigenvalue weighted by molar-refractivity contribution is -0.384. The molecular weight excluding hydrogens is 368 g/mol. The molecule has 1 aromatic carbocycles. The number of esters is 1. The van der Waals surface area contributed by atoms with E-state index in [-0.39, 0.29) is 11.6 Å². The predicted octanol–water partition coefficient (Wildman–Crippen LogP) is 3.97. The number of rotatable bonds is 5. The van der Waals surface area contributed by atoms with E-state index >= 15 is 0 Å². The molecular formula is C19H18N2O5S. The van der Waals surface area contributed by atoms with Crippen LogP contribution >= 0.6 is 11.3 Å². The number of hydrogen-bond donors (Lipinski definition) is 1. The summed E-state index contributed by atoms with van der Waals surface area (Å²) < 4.78 is 4.89. The number of nitro groups is 1. The maximum Gasteiger partial charge on any atom is 0.341 e. The van der Waals surface area contributed by atoms with Gasteiger partial charge in [0.05, 0.1) is 17.6 Å². The second-order valence-electron chi connectivity index (χ2n) is 6.08. The van der Waals surface area contributed by atoms with Crippen LogP contribution in [0.5, 0.6) is 0 Å². The van der Waals surface area contributed by atoms with Crippen molar-refractivity contribution in [1.82, 2.24) is 0 Å². The molecule has 1 aliphatic carbocycles. The van der Waals surface area contributed by atoms with Crippen molar-refractivity contribution in [3.8, 4) is 0 Å². The second-order valence-corrected chi connectivity index (χ2v) is 7.18. The van der Waals surface area contributed by atoms with Crippen LogP contribution in [0.1, 0.15) is 39.2 Å². The summed E-state index contributed by atoms with van der Waals surface area (Å²) >= 11 is 1.42. The largest absolute Gasteiger partial charge is 0.465 e. The molecule has 1 aliphatic rings. The van der Waals surface area contributed by atoms with E-state index in [2.05, 4.69) is 5.32 Å². The third-order valence-corrected chi connectivity index (χ3v) is 5.54. The number of carbonyl (C=O) groups is 2. The minimum absolute atomic E-state index is 0.0107. The van der Waals surface area contributed by atoms with Gasteiger partial charge < -0.3 is 10.1 Å². The molecule has 0 fully saturated rings. The molecule has 8 heteroatoms. The Kier molecular flexibility index (Phi) is 5.66. The zero-order valence-corrected chi connectivity index (χ0v) is 15.5. The van der Waals surface area contributed by atoms with Crippen LogP contribution in [-0.4, -0.2) is 23.9 Å². The normalized spacial score (nSPS) is 13.2. The quantitative estimate of drug-likeness (QED) is 0.363. The Morgan fingerprint density at radius 1 is 1.22 bits per heavy atom. The standard InChI is InChI=1S/C19H18N2O5S/c1-26-19(23)17-14-4-2-3-5-15(14)27-18(17)20-16(22)11-8-12-6-9-13(10-7-12)21(24)25/h6-11H,2-5H2,1H3,(H,20,22). The van der Waals surface area contributed by atoms with Crippen LogP contribution in [0.25, 0.3) is 6.08 Å². The Morgan fingerprint density at radius 3 is 2.59 bits per heavy atom. The van der Waals surface area contributed by atoms with E-state index < -0.39 is 10.9 Å². The zero-order valence-electron chi connectivity index (χ0n) is 14.7. The van der Waals surface area contributed by atoms with Crippen LogP contribution in [0, 0.1) is 10.1 Å². The average Bonchev–Trinajstić information content (AvgIpc) is 3.03. The van der Waals surface area contributed by atoms with Crippen LogP contribution < -0.4 is 5.32 Å². The fourth-order valence-corrected chi connectivity index (χ4v) is 4.28. The molecule has 0 bridgehead atoms. The smallest absolute Gasteiger partial charge is 0.341 e. The molecule has 0 unspecified atom stereocenters. The summed E-state index contributed by atoms with van der Waals surface area (Å²) in [5.74, 6) is -0.818. The number of hydrogen-bond acceptors (Lipinski definition) is 6. The van der Waals surface area contributed by atoms with Crippen molar-refractivity contribution in [3.63, 3.8) is 0 Å². The number of amides is 1. The van der Waals surface area contributed by atoms with Gasteiger partial charge in [0.15, 0.2) is 0 Å². The lowest BCUT2D eigenvalue weighted by Gasteiger charge is -2.11. The molecule has 27 heavy (non-hydrogen) atoms. The van der Waals surface area contributed by atoms with Crippen molar-refractivity contribution in [2.24, 2.45) is 0 Å². The highest BCUT2D eigenvalue weighted by Gasteiger charge is 2.26. The van der Waals surface area contributed by atoms with Gasteiger partial charge in [-0.05, 0) is 55.0 Å². The first kappa shape index (κ1) is 18.8. The van der Waals surface area contributed by atoms with E-state index in [9.17, 15) is 19.7 Å². The number of nitro benzene ring substituents is 1. The lowest BCUT2D eigenvalue weighted by atomic mass is 9.95.